The fourth-order valence-corrected chi connectivity index (χ4v) is 2.65. The van der Waals surface area contributed by atoms with Gasteiger partial charge in [0, 0.05) is 11.4 Å². The van der Waals surface area contributed by atoms with E-state index in [1.165, 1.54) is 11.3 Å². The number of halogens is 1. The van der Waals surface area contributed by atoms with Gasteiger partial charge in [0.25, 0.3) is 0 Å². The molecule has 3 nitrogen and oxygen atoms in total. The summed E-state index contributed by atoms with van der Waals surface area (Å²) in [5, 5.41) is 12.9. The molecule has 1 amide bonds. The average Bonchev–Trinajstić information content (AvgIpc) is 2.71. The van der Waals surface area contributed by atoms with Crippen molar-refractivity contribution in [2.24, 2.45) is 5.92 Å². The first-order valence-electron chi connectivity index (χ1n) is 6.08. The Hall–Kier alpha value is -0.580. The van der Waals surface area contributed by atoms with E-state index in [4.69, 9.17) is 11.6 Å². The maximum Gasteiger partial charge on any atom is 0.225 e. The minimum Gasteiger partial charge on any atom is -0.388 e. The molecule has 0 saturated heterocycles. The smallest absolute Gasteiger partial charge is 0.225 e. The summed E-state index contributed by atoms with van der Waals surface area (Å²) in [4.78, 5) is 12.7. The molecule has 2 atom stereocenters. The number of hydrogen-bond acceptors (Lipinski definition) is 3. The highest BCUT2D eigenvalue weighted by Crippen LogP contribution is 2.22. The first-order valence-corrected chi connectivity index (χ1v) is 7.28. The fourth-order valence-electron chi connectivity index (χ4n) is 1.56. The summed E-state index contributed by atoms with van der Waals surface area (Å²) >= 11 is 7.20. The van der Waals surface area contributed by atoms with E-state index in [1.54, 1.807) is 13.0 Å². The Labute approximate surface area is 117 Å². The molecule has 2 N–H and O–H groups in total. The zero-order valence-electron chi connectivity index (χ0n) is 11.0. The molecular weight excluding hydrogens is 270 g/mol. The molecule has 0 aliphatic rings. The van der Waals surface area contributed by atoms with Gasteiger partial charge in [-0.15, -0.1) is 11.3 Å². The zero-order valence-corrected chi connectivity index (χ0v) is 12.6. The summed E-state index contributed by atoms with van der Waals surface area (Å²) in [6.45, 7) is 6.03. The number of rotatable bonds is 6. The molecule has 18 heavy (non-hydrogen) atoms. The number of nitrogens with one attached hydrogen (secondary N) is 1. The Balaban J connectivity index is 2.42. The Morgan fingerprint density at radius 3 is 2.78 bits per heavy atom. The Morgan fingerprint density at radius 1 is 1.61 bits per heavy atom. The first kappa shape index (κ1) is 15.5. The highest BCUT2D eigenvalue weighted by molar-refractivity contribution is 7.16. The van der Waals surface area contributed by atoms with E-state index in [9.17, 15) is 9.90 Å². The van der Waals surface area contributed by atoms with Gasteiger partial charge in [-0.2, -0.15) is 0 Å². The number of carbonyl (C=O) groups excluding carboxylic acids is 1. The molecule has 0 aliphatic carbocycles. The minimum absolute atomic E-state index is 0.0860. The maximum absolute atomic E-state index is 11.7. The lowest BCUT2D eigenvalue weighted by Gasteiger charge is -2.29. The molecule has 1 aromatic heterocycles. The number of aliphatic hydroxyl groups is 1. The quantitative estimate of drug-likeness (QED) is 0.846. The molecule has 1 heterocycles. The first-order chi connectivity index (χ1) is 8.35. The van der Waals surface area contributed by atoms with Crippen molar-refractivity contribution >= 4 is 28.8 Å². The van der Waals surface area contributed by atoms with Crippen LogP contribution in [0.2, 0.25) is 4.34 Å². The van der Waals surface area contributed by atoms with Crippen LogP contribution in [0.4, 0.5) is 0 Å². The van der Waals surface area contributed by atoms with E-state index in [0.29, 0.717) is 10.8 Å². The summed E-state index contributed by atoms with van der Waals surface area (Å²) < 4.78 is 0.685. The second-order valence-electron chi connectivity index (χ2n) is 4.83. The zero-order chi connectivity index (χ0) is 13.8. The Morgan fingerprint density at radius 2 is 2.28 bits per heavy atom. The van der Waals surface area contributed by atoms with Gasteiger partial charge in [-0.25, -0.2) is 0 Å². The predicted molar refractivity (Wildman–Crippen MR) is 76.1 cm³/mol. The monoisotopic (exact) mass is 289 g/mol. The molecule has 0 aliphatic heterocycles. The third-order valence-corrected chi connectivity index (χ3v) is 4.51. The summed E-state index contributed by atoms with van der Waals surface area (Å²) in [5.41, 5.74) is -0.864. The number of hydrogen-bond donors (Lipinski definition) is 2. The summed E-state index contributed by atoms with van der Waals surface area (Å²) in [6, 6.07) is 3.63. The van der Waals surface area contributed by atoms with Crippen molar-refractivity contribution in [3.8, 4) is 0 Å². The number of carbonyl (C=O) groups is 1. The van der Waals surface area contributed by atoms with Crippen LogP contribution in [-0.2, 0) is 11.2 Å². The molecular formula is C13H20ClNO2S. The molecule has 0 fully saturated rings. The van der Waals surface area contributed by atoms with Gasteiger partial charge >= 0.3 is 0 Å². The van der Waals surface area contributed by atoms with Gasteiger partial charge in [0.05, 0.1) is 16.4 Å². The molecule has 1 aromatic rings. The van der Waals surface area contributed by atoms with Crippen LogP contribution in [0, 0.1) is 5.92 Å². The van der Waals surface area contributed by atoms with Gasteiger partial charge in [-0.3, -0.25) is 4.79 Å². The summed E-state index contributed by atoms with van der Waals surface area (Å²) in [6.07, 6.45) is 1.19. The molecule has 5 heteroatoms. The second kappa shape index (κ2) is 6.55. The Kier molecular flexibility index (Phi) is 5.63. The molecule has 0 radical (unpaired) electrons. The van der Waals surface area contributed by atoms with Crippen molar-refractivity contribution in [2.75, 3.05) is 6.54 Å². The van der Waals surface area contributed by atoms with E-state index in [-0.39, 0.29) is 18.4 Å². The number of thiophene rings is 1. The van der Waals surface area contributed by atoms with Crippen LogP contribution in [0.1, 0.15) is 32.1 Å². The molecule has 0 spiro atoms. The lowest BCUT2D eigenvalue weighted by atomic mass is 9.88. The van der Waals surface area contributed by atoms with Crippen LogP contribution in [0.3, 0.4) is 0 Å². The van der Waals surface area contributed by atoms with Crippen LogP contribution in [0.15, 0.2) is 12.1 Å². The van der Waals surface area contributed by atoms with Crippen molar-refractivity contribution in [2.45, 2.75) is 39.2 Å². The van der Waals surface area contributed by atoms with E-state index in [1.807, 2.05) is 19.9 Å². The van der Waals surface area contributed by atoms with E-state index in [0.717, 1.165) is 11.3 Å². The highest BCUT2D eigenvalue weighted by Gasteiger charge is 2.27. The van der Waals surface area contributed by atoms with Gasteiger partial charge in [0.15, 0.2) is 0 Å². The molecule has 0 bridgehead atoms. The average molecular weight is 290 g/mol. The largest absolute Gasteiger partial charge is 0.388 e. The molecule has 1 rings (SSSR count). The molecule has 0 aromatic carbocycles. The molecule has 0 unspecified atom stereocenters. The van der Waals surface area contributed by atoms with Gasteiger partial charge in [-0.05, 0) is 25.0 Å². The second-order valence-corrected chi connectivity index (χ2v) is 6.63. The van der Waals surface area contributed by atoms with Crippen molar-refractivity contribution in [1.82, 2.24) is 5.32 Å². The topological polar surface area (TPSA) is 49.3 Å². The van der Waals surface area contributed by atoms with E-state index in [2.05, 4.69) is 5.32 Å². The fraction of sp³-hybridized carbons (Fsp3) is 0.615. The SMILES string of the molecule is CC[C@H](C)[C@@](C)(O)CNC(=O)Cc1ccc(Cl)s1. The van der Waals surface area contributed by atoms with Crippen LogP contribution in [-0.4, -0.2) is 23.2 Å². The van der Waals surface area contributed by atoms with Crippen molar-refractivity contribution in [3.63, 3.8) is 0 Å². The standard InChI is InChI=1S/C13H20ClNO2S/c1-4-9(2)13(3,17)8-15-12(16)7-10-5-6-11(14)18-10/h5-6,9,17H,4,7-8H2,1-3H3,(H,15,16)/t9-,13-/m0/s1. The molecule has 102 valence electrons. The normalized spacial score (nSPS) is 16.1. The van der Waals surface area contributed by atoms with Crippen molar-refractivity contribution in [1.29, 1.82) is 0 Å². The van der Waals surface area contributed by atoms with Crippen molar-refractivity contribution in [3.05, 3.63) is 21.3 Å². The van der Waals surface area contributed by atoms with Crippen LogP contribution in [0.25, 0.3) is 0 Å². The van der Waals surface area contributed by atoms with E-state index >= 15 is 0 Å². The van der Waals surface area contributed by atoms with E-state index < -0.39 is 5.60 Å². The van der Waals surface area contributed by atoms with Gasteiger partial charge in [0.1, 0.15) is 0 Å². The Bertz CT molecular complexity index is 403. The maximum atomic E-state index is 11.7. The van der Waals surface area contributed by atoms with Gasteiger partial charge < -0.3 is 10.4 Å². The van der Waals surface area contributed by atoms with Crippen LogP contribution >= 0.6 is 22.9 Å². The van der Waals surface area contributed by atoms with Crippen molar-refractivity contribution < 1.29 is 9.90 Å². The minimum atomic E-state index is -0.864. The van der Waals surface area contributed by atoms with Crippen LogP contribution in [0.5, 0.6) is 0 Å². The number of amides is 1. The van der Waals surface area contributed by atoms with Crippen LogP contribution < -0.4 is 5.32 Å². The lowest BCUT2D eigenvalue weighted by molar-refractivity contribution is -0.122. The third kappa shape index (κ3) is 4.59. The van der Waals surface area contributed by atoms with Gasteiger partial charge in [0.2, 0.25) is 5.91 Å². The predicted octanol–water partition coefficient (Wildman–Crippen LogP) is 2.86. The van der Waals surface area contributed by atoms with Gasteiger partial charge in [-0.1, -0.05) is 31.9 Å². The third-order valence-electron chi connectivity index (χ3n) is 3.28. The molecule has 0 saturated carbocycles. The lowest BCUT2D eigenvalue weighted by Crippen LogP contribution is -2.45. The summed E-state index contributed by atoms with van der Waals surface area (Å²) in [5.74, 6) is 0.0612. The summed E-state index contributed by atoms with van der Waals surface area (Å²) in [7, 11) is 0. The highest BCUT2D eigenvalue weighted by atomic mass is 35.5.